The van der Waals surface area contributed by atoms with Crippen molar-refractivity contribution in [1.82, 2.24) is 10.2 Å². The molecule has 3 aliphatic rings. The number of amides is 3. The summed E-state index contributed by atoms with van der Waals surface area (Å²) < 4.78 is 0. The number of aliphatic hydroxyl groups is 1. The van der Waals surface area contributed by atoms with E-state index in [4.69, 9.17) is 0 Å². The van der Waals surface area contributed by atoms with Crippen LogP contribution in [0.25, 0.3) is 0 Å². The molecule has 2 saturated heterocycles. The van der Waals surface area contributed by atoms with Crippen molar-refractivity contribution in [1.29, 1.82) is 0 Å². The number of carbonyl (C=O) groups is 3. The van der Waals surface area contributed by atoms with Gasteiger partial charge in [0.15, 0.2) is 0 Å². The van der Waals surface area contributed by atoms with Crippen LogP contribution in [0.2, 0.25) is 0 Å². The van der Waals surface area contributed by atoms with Gasteiger partial charge in [0.1, 0.15) is 5.54 Å². The molecule has 7 nitrogen and oxygen atoms in total. The molecule has 0 saturated carbocycles. The van der Waals surface area contributed by atoms with E-state index in [-0.39, 0.29) is 24.3 Å². The van der Waals surface area contributed by atoms with E-state index < -0.39 is 29.5 Å². The van der Waals surface area contributed by atoms with Gasteiger partial charge in [0.2, 0.25) is 17.7 Å². The molecule has 5 atom stereocenters. The van der Waals surface area contributed by atoms with E-state index in [1.807, 2.05) is 55.5 Å². The van der Waals surface area contributed by atoms with E-state index in [1.165, 1.54) is 4.90 Å². The zero-order chi connectivity index (χ0) is 22.6. The van der Waals surface area contributed by atoms with Crippen LogP contribution in [0.1, 0.15) is 30.5 Å². The van der Waals surface area contributed by atoms with E-state index in [0.29, 0.717) is 17.7 Å². The van der Waals surface area contributed by atoms with Crippen molar-refractivity contribution in [2.45, 2.75) is 44.4 Å². The van der Waals surface area contributed by atoms with E-state index in [9.17, 15) is 19.5 Å². The highest BCUT2D eigenvalue weighted by Crippen LogP contribution is 2.53. The number of imide groups is 1. The summed E-state index contributed by atoms with van der Waals surface area (Å²) in [6.45, 7) is 3.87. The molecule has 3 N–H and O–H groups in total. The third-order valence-electron chi connectivity index (χ3n) is 7.20. The summed E-state index contributed by atoms with van der Waals surface area (Å²) in [4.78, 5) is 41.8. The van der Waals surface area contributed by atoms with Crippen molar-refractivity contribution < 1.29 is 19.5 Å². The minimum atomic E-state index is -1.36. The highest BCUT2D eigenvalue weighted by molar-refractivity contribution is 6.15. The third kappa shape index (κ3) is 2.84. The predicted octanol–water partition coefficient (Wildman–Crippen LogP) is 1.59. The lowest BCUT2D eigenvalue weighted by Gasteiger charge is -2.30. The number of aliphatic hydroxyl groups excluding tert-OH is 1. The summed E-state index contributed by atoms with van der Waals surface area (Å²) in [5.41, 5.74) is 2.04. The number of hydrogen-bond donors (Lipinski definition) is 3. The molecule has 3 aliphatic heterocycles. The summed E-state index contributed by atoms with van der Waals surface area (Å²) in [6, 6.07) is 14.7. The quantitative estimate of drug-likeness (QED) is 0.622. The topological polar surface area (TPSA) is 98.7 Å². The Kier molecular flexibility index (Phi) is 4.91. The van der Waals surface area contributed by atoms with Crippen molar-refractivity contribution >= 4 is 23.4 Å². The fourth-order valence-corrected chi connectivity index (χ4v) is 5.58. The predicted molar refractivity (Wildman–Crippen MR) is 119 cm³/mol. The molecule has 1 spiro atoms. The number of carbonyl (C=O) groups excluding carboxylic acids is 3. The lowest BCUT2D eigenvalue weighted by Crippen LogP contribution is -2.55. The maximum Gasteiger partial charge on any atom is 0.250 e. The van der Waals surface area contributed by atoms with E-state index in [2.05, 4.69) is 10.6 Å². The van der Waals surface area contributed by atoms with E-state index in [0.717, 1.165) is 17.5 Å². The van der Waals surface area contributed by atoms with Crippen molar-refractivity contribution in [3.05, 3.63) is 65.2 Å². The van der Waals surface area contributed by atoms with Crippen LogP contribution in [0.3, 0.4) is 0 Å². The number of fused-ring (bicyclic) bond motifs is 4. The van der Waals surface area contributed by atoms with Gasteiger partial charge in [-0.3, -0.25) is 24.6 Å². The van der Waals surface area contributed by atoms with Crippen LogP contribution in [-0.2, 0) is 32.8 Å². The normalized spacial score (nSPS) is 29.4. The SMILES string of the molecule is CCc1ccc2c(c1)[C@@]1(N[C@H]([C@@H](C)O)[C@H]3C(=O)N(CCc4ccccc4)C(=O)[C@@H]31)C(=O)N2. The molecule has 0 aliphatic carbocycles. The average Bonchev–Trinajstić information content (AvgIpc) is 3.38. The fraction of sp³-hybridized carbons (Fsp3) is 0.400. The van der Waals surface area contributed by atoms with Gasteiger partial charge in [0, 0.05) is 23.8 Å². The molecule has 2 fully saturated rings. The smallest absolute Gasteiger partial charge is 0.250 e. The first kappa shape index (κ1) is 20.8. The third-order valence-corrected chi connectivity index (χ3v) is 7.20. The average molecular weight is 434 g/mol. The summed E-state index contributed by atoms with van der Waals surface area (Å²) >= 11 is 0. The maximum atomic E-state index is 13.7. The number of hydrogen-bond acceptors (Lipinski definition) is 5. The molecule has 5 rings (SSSR count). The van der Waals surface area contributed by atoms with Crippen LogP contribution >= 0.6 is 0 Å². The minimum Gasteiger partial charge on any atom is -0.392 e. The molecule has 166 valence electrons. The Hall–Kier alpha value is -3.03. The van der Waals surface area contributed by atoms with Gasteiger partial charge >= 0.3 is 0 Å². The van der Waals surface area contributed by atoms with Crippen LogP contribution < -0.4 is 10.6 Å². The molecule has 2 aromatic rings. The highest BCUT2D eigenvalue weighted by Gasteiger charge is 2.71. The number of benzene rings is 2. The molecule has 0 unspecified atom stereocenters. The zero-order valence-electron chi connectivity index (χ0n) is 18.2. The molecule has 0 aromatic heterocycles. The first-order valence-corrected chi connectivity index (χ1v) is 11.2. The summed E-state index contributed by atoms with van der Waals surface area (Å²) in [5, 5.41) is 16.6. The second-order valence-corrected chi connectivity index (χ2v) is 8.97. The first-order valence-electron chi connectivity index (χ1n) is 11.2. The molecule has 7 heteroatoms. The Labute approximate surface area is 186 Å². The van der Waals surface area contributed by atoms with Gasteiger partial charge in [0.05, 0.1) is 17.9 Å². The minimum absolute atomic E-state index is 0.251. The van der Waals surface area contributed by atoms with Crippen molar-refractivity contribution in [2.24, 2.45) is 11.8 Å². The second kappa shape index (κ2) is 7.53. The standard InChI is InChI=1S/C25H27N3O4/c1-3-15-9-10-18-17(13-15)25(24(32)26-18)20-19(21(27-25)14(2)29)22(30)28(23(20)31)12-11-16-7-5-4-6-8-16/h4-10,13-14,19-21,27,29H,3,11-12H2,1-2H3,(H,26,32)/t14-,19+,20-,21-,25+/m1/s1. The number of rotatable bonds is 5. The number of anilines is 1. The summed E-state index contributed by atoms with van der Waals surface area (Å²) in [6.07, 6.45) is 0.417. The maximum absolute atomic E-state index is 13.7. The van der Waals surface area contributed by atoms with Gasteiger partial charge in [-0.15, -0.1) is 0 Å². The first-order chi connectivity index (χ1) is 15.4. The number of nitrogens with one attached hydrogen (secondary N) is 2. The summed E-state index contributed by atoms with van der Waals surface area (Å²) in [5.74, 6) is -2.69. The van der Waals surface area contributed by atoms with Gasteiger partial charge < -0.3 is 10.4 Å². The Bertz CT molecular complexity index is 1100. The number of nitrogens with zero attached hydrogens (tertiary/aromatic N) is 1. The zero-order valence-corrected chi connectivity index (χ0v) is 18.2. The molecule has 0 radical (unpaired) electrons. The van der Waals surface area contributed by atoms with Crippen LogP contribution in [-0.4, -0.2) is 46.4 Å². The van der Waals surface area contributed by atoms with Crippen LogP contribution in [0.4, 0.5) is 5.69 Å². The molecule has 2 aromatic carbocycles. The van der Waals surface area contributed by atoms with E-state index >= 15 is 0 Å². The Morgan fingerprint density at radius 3 is 2.50 bits per heavy atom. The Morgan fingerprint density at radius 2 is 1.81 bits per heavy atom. The monoisotopic (exact) mass is 433 g/mol. The van der Waals surface area contributed by atoms with Crippen molar-refractivity contribution in [2.75, 3.05) is 11.9 Å². The summed E-state index contributed by atoms with van der Waals surface area (Å²) in [7, 11) is 0. The fourth-order valence-electron chi connectivity index (χ4n) is 5.58. The molecule has 3 amide bonds. The number of likely N-dealkylation sites (tertiary alicyclic amines) is 1. The molecular weight excluding hydrogens is 406 g/mol. The van der Waals surface area contributed by atoms with Crippen LogP contribution in [0.15, 0.2) is 48.5 Å². The van der Waals surface area contributed by atoms with Crippen LogP contribution in [0.5, 0.6) is 0 Å². The molecule has 3 heterocycles. The lowest BCUT2D eigenvalue weighted by atomic mass is 9.76. The van der Waals surface area contributed by atoms with Gasteiger partial charge in [-0.2, -0.15) is 0 Å². The van der Waals surface area contributed by atoms with Gasteiger partial charge in [0.25, 0.3) is 0 Å². The molecular formula is C25H27N3O4. The molecule has 0 bridgehead atoms. The Morgan fingerprint density at radius 1 is 1.06 bits per heavy atom. The van der Waals surface area contributed by atoms with Crippen LogP contribution in [0, 0.1) is 11.8 Å². The van der Waals surface area contributed by atoms with Gasteiger partial charge in [-0.25, -0.2) is 0 Å². The largest absolute Gasteiger partial charge is 0.392 e. The van der Waals surface area contributed by atoms with Gasteiger partial charge in [-0.1, -0.05) is 49.4 Å². The van der Waals surface area contributed by atoms with E-state index in [1.54, 1.807) is 6.92 Å². The van der Waals surface area contributed by atoms with Crippen molar-refractivity contribution in [3.8, 4) is 0 Å². The number of aryl methyl sites for hydroxylation is 1. The van der Waals surface area contributed by atoms with Gasteiger partial charge in [-0.05, 0) is 37.0 Å². The van der Waals surface area contributed by atoms with Crippen molar-refractivity contribution in [3.63, 3.8) is 0 Å². The molecule has 32 heavy (non-hydrogen) atoms. The highest BCUT2D eigenvalue weighted by atomic mass is 16.3. The lowest BCUT2D eigenvalue weighted by molar-refractivity contribution is -0.143. The second-order valence-electron chi connectivity index (χ2n) is 8.97. The Balaban J connectivity index is 1.56.